The first-order valence-electron chi connectivity index (χ1n) is 6.72. The summed E-state index contributed by atoms with van der Waals surface area (Å²) in [6.45, 7) is 0.583. The van der Waals surface area contributed by atoms with Crippen LogP contribution < -0.4 is 15.8 Å². The lowest BCUT2D eigenvalue weighted by atomic mass is 10.00. The molecule has 5 heteroatoms. The first kappa shape index (κ1) is 13.8. The molecular formula is C16H15ClN2O2. The van der Waals surface area contributed by atoms with Crippen LogP contribution in [0.1, 0.15) is 28.4 Å². The van der Waals surface area contributed by atoms with Crippen LogP contribution in [0.5, 0.6) is 5.75 Å². The van der Waals surface area contributed by atoms with Crippen molar-refractivity contribution in [1.29, 1.82) is 0 Å². The van der Waals surface area contributed by atoms with E-state index >= 15 is 0 Å². The van der Waals surface area contributed by atoms with E-state index in [0.29, 0.717) is 22.9 Å². The molecule has 1 heterocycles. The maximum absolute atomic E-state index is 12.4. The van der Waals surface area contributed by atoms with E-state index in [1.165, 1.54) is 0 Å². The second-order valence-electron chi connectivity index (χ2n) is 4.97. The van der Waals surface area contributed by atoms with E-state index in [4.69, 9.17) is 22.1 Å². The molecule has 1 aliphatic heterocycles. The second-order valence-corrected chi connectivity index (χ2v) is 5.41. The number of fused-ring (bicyclic) bond motifs is 1. The first-order chi connectivity index (χ1) is 10.1. The fraction of sp³-hybridized carbons (Fsp3) is 0.188. The number of rotatable bonds is 2. The largest absolute Gasteiger partial charge is 0.493 e. The summed E-state index contributed by atoms with van der Waals surface area (Å²) in [5.41, 5.74) is 7.65. The van der Waals surface area contributed by atoms with Crippen LogP contribution in [0, 0.1) is 0 Å². The minimum Gasteiger partial charge on any atom is -0.493 e. The van der Waals surface area contributed by atoms with Gasteiger partial charge in [-0.3, -0.25) is 4.79 Å². The van der Waals surface area contributed by atoms with Gasteiger partial charge in [0.15, 0.2) is 0 Å². The number of ether oxygens (including phenoxy) is 1. The van der Waals surface area contributed by atoms with Gasteiger partial charge in [-0.2, -0.15) is 0 Å². The van der Waals surface area contributed by atoms with Crippen molar-refractivity contribution in [1.82, 2.24) is 5.32 Å². The van der Waals surface area contributed by atoms with Crippen molar-refractivity contribution in [2.24, 2.45) is 0 Å². The van der Waals surface area contributed by atoms with Gasteiger partial charge < -0.3 is 15.8 Å². The number of anilines is 1. The normalized spacial score (nSPS) is 16.7. The van der Waals surface area contributed by atoms with Gasteiger partial charge in [-0.05, 0) is 24.3 Å². The van der Waals surface area contributed by atoms with Crippen molar-refractivity contribution in [2.45, 2.75) is 12.5 Å². The van der Waals surface area contributed by atoms with Crippen molar-refractivity contribution in [3.63, 3.8) is 0 Å². The Morgan fingerprint density at radius 1 is 1.29 bits per heavy atom. The Bertz CT molecular complexity index is 667. The van der Waals surface area contributed by atoms with Crippen molar-refractivity contribution in [3.8, 4) is 5.75 Å². The van der Waals surface area contributed by atoms with Gasteiger partial charge in [-0.15, -0.1) is 0 Å². The summed E-state index contributed by atoms with van der Waals surface area (Å²) < 4.78 is 5.59. The number of nitrogen functional groups attached to an aromatic ring is 1. The predicted octanol–water partition coefficient (Wildman–Crippen LogP) is 3.18. The average Bonchev–Trinajstić information content (AvgIpc) is 2.46. The maximum Gasteiger partial charge on any atom is 0.251 e. The van der Waals surface area contributed by atoms with Gasteiger partial charge in [-0.25, -0.2) is 0 Å². The summed E-state index contributed by atoms with van der Waals surface area (Å²) in [4.78, 5) is 12.4. The van der Waals surface area contributed by atoms with Gasteiger partial charge in [0.1, 0.15) is 5.75 Å². The third-order valence-electron chi connectivity index (χ3n) is 3.45. The highest BCUT2D eigenvalue weighted by atomic mass is 35.5. The number of halogens is 1. The molecule has 4 nitrogen and oxygen atoms in total. The standard InChI is InChI=1S/C16H15ClN2O2/c17-11-7-10(8-12(18)9-11)16(20)19-14-5-6-21-15-4-2-1-3-13(14)15/h1-4,7-9,14H,5-6,18H2,(H,19,20). The quantitative estimate of drug-likeness (QED) is 0.837. The van der Waals surface area contributed by atoms with Gasteiger partial charge in [0.2, 0.25) is 0 Å². The summed E-state index contributed by atoms with van der Waals surface area (Å²) >= 11 is 5.94. The van der Waals surface area contributed by atoms with Gasteiger partial charge in [-0.1, -0.05) is 29.8 Å². The summed E-state index contributed by atoms with van der Waals surface area (Å²) in [6, 6.07) is 12.5. The molecule has 1 aliphatic rings. The molecule has 0 fully saturated rings. The van der Waals surface area contributed by atoms with E-state index in [2.05, 4.69) is 5.32 Å². The molecule has 0 radical (unpaired) electrons. The molecule has 0 saturated carbocycles. The lowest BCUT2D eigenvalue weighted by molar-refractivity contribution is 0.0925. The number of nitrogens with one attached hydrogen (secondary N) is 1. The van der Waals surface area contributed by atoms with Crippen LogP contribution >= 0.6 is 11.6 Å². The van der Waals surface area contributed by atoms with Gasteiger partial charge in [0.25, 0.3) is 5.91 Å². The summed E-state index contributed by atoms with van der Waals surface area (Å²) in [6.07, 6.45) is 0.735. The molecule has 0 aromatic heterocycles. The fourth-order valence-corrected chi connectivity index (χ4v) is 2.72. The molecule has 2 aromatic carbocycles. The third kappa shape index (κ3) is 2.95. The molecule has 2 aromatic rings. The first-order valence-corrected chi connectivity index (χ1v) is 7.10. The molecule has 1 atom stereocenters. The van der Waals surface area contributed by atoms with Gasteiger partial charge in [0, 0.05) is 28.3 Å². The zero-order valence-corrected chi connectivity index (χ0v) is 12.1. The topological polar surface area (TPSA) is 64.4 Å². The molecule has 1 unspecified atom stereocenters. The van der Waals surface area contributed by atoms with Crippen LogP contribution in [0.3, 0.4) is 0 Å². The number of amides is 1. The SMILES string of the molecule is Nc1cc(Cl)cc(C(=O)NC2CCOc3ccccc32)c1. The van der Waals surface area contributed by atoms with Crippen LogP contribution in [0.2, 0.25) is 5.02 Å². The highest BCUT2D eigenvalue weighted by Crippen LogP contribution is 2.31. The summed E-state index contributed by atoms with van der Waals surface area (Å²) in [7, 11) is 0. The molecule has 0 bridgehead atoms. The van der Waals surface area contributed by atoms with E-state index in [1.54, 1.807) is 18.2 Å². The van der Waals surface area contributed by atoms with Gasteiger partial charge >= 0.3 is 0 Å². The van der Waals surface area contributed by atoms with Crippen molar-refractivity contribution < 1.29 is 9.53 Å². The Morgan fingerprint density at radius 2 is 2.10 bits per heavy atom. The molecule has 1 amide bonds. The number of nitrogens with two attached hydrogens (primary N) is 1. The Hall–Kier alpha value is -2.20. The molecule has 0 spiro atoms. The number of hydrogen-bond donors (Lipinski definition) is 2. The second kappa shape index (κ2) is 5.66. The predicted molar refractivity (Wildman–Crippen MR) is 82.6 cm³/mol. The monoisotopic (exact) mass is 302 g/mol. The molecule has 3 rings (SSSR count). The Balaban J connectivity index is 1.82. The van der Waals surface area contributed by atoms with E-state index in [-0.39, 0.29) is 11.9 Å². The number of hydrogen-bond acceptors (Lipinski definition) is 3. The van der Waals surface area contributed by atoms with Crippen molar-refractivity contribution >= 4 is 23.2 Å². The highest BCUT2D eigenvalue weighted by Gasteiger charge is 2.23. The number of para-hydroxylation sites is 1. The Labute approximate surface area is 127 Å². The van der Waals surface area contributed by atoms with Gasteiger partial charge in [0.05, 0.1) is 12.6 Å². The molecule has 0 saturated heterocycles. The average molecular weight is 303 g/mol. The minimum atomic E-state index is -0.189. The van der Waals surface area contributed by atoms with E-state index in [1.807, 2.05) is 24.3 Å². The minimum absolute atomic E-state index is 0.0670. The van der Waals surface area contributed by atoms with Crippen LogP contribution in [0.15, 0.2) is 42.5 Å². The number of carbonyl (C=O) groups excluding carboxylic acids is 1. The van der Waals surface area contributed by atoms with Crippen LogP contribution in [-0.2, 0) is 0 Å². The molecule has 3 N–H and O–H groups in total. The van der Waals surface area contributed by atoms with E-state index in [9.17, 15) is 4.79 Å². The Kier molecular flexibility index (Phi) is 3.71. The highest BCUT2D eigenvalue weighted by molar-refractivity contribution is 6.31. The number of benzene rings is 2. The fourth-order valence-electron chi connectivity index (χ4n) is 2.48. The van der Waals surface area contributed by atoms with Crippen LogP contribution in [0.25, 0.3) is 0 Å². The molecular weight excluding hydrogens is 288 g/mol. The molecule has 108 valence electrons. The zero-order valence-electron chi connectivity index (χ0n) is 11.3. The summed E-state index contributed by atoms with van der Waals surface area (Å²) in [5.74, 6) is 0.630. The lowest BCUT2D eigenvalue weighted by Crippen LogP contribution is -2.32. The van der Waals surface area contributed by atoms with Crippen molar-refractivity contribution in [2.75, 3.05) is 12.3 Å². The molecule has 0 aliphatic carbocycles. The van der Waals surface area contributed by atoms with Crippen LogP contribution in [-0.4, -0.2) is 12.5 Å². The van der Waals surface area contributed by atoms with Crippen molar-refractivity contribution in [3.05, 3.63) is 58.6 Å². The summed E-state index contributed by atoms with van der Waals surface area (Å²) in [5, 5.41) is 3.46. The van der Waals surface area contributed by atoms with E-state index in [0.717, 1.165) is 17.7 Å². The zero-order chi connectivity index (χ0) is 14.8. The smallest absolute Gasteiger partial charge is 0.251 e. The maximum atomic E-state index is 12.4. The Morgan fingerprint density at radius 3 is 2.90 bits per heavy atom. The van der Waals surface area contributed by atoms with E-state index < -0.39 is 0 Å². The molecule has 21 heavy (non-hydrogen) atoms. The number of carbonyl (C=O) groups is 1. The third-order valence-corrected chi connectivity index (χ3v) is 3.66. The lowest BCUT2D eigenvalue weighted by Gasteiger charge is -2.26. The van der Waals surface area contributed by atoms with Crippen LogP contribution in [0.4, 0.5) is 5.69 Å².